The Bertz CT molecular complexity index is 337. The number of nitrogen functional groups attached to an aromatic ring is 1. The van der Waals surface area contributed by atoms with Gasteiger partial charge in [0.15, 0.2) is 0 Å². The van der Waals surface area contributed by atoms with E-state index in [2.05, 4.69) is 33.7 Å². The Morgan fingerprint density at radius 2 is 2.06 bits per heavy atom. The molecular weight excluding hydrogens is 202 g/mol. The molecule has 0 aliphatic carbocycles. The van der Waals surface area contributed by atoms with E-state index >= 15 is 0 Å². The minimum absolute atomic E-state index is 0.593. The summed E-state index contributed by atoms with van der Waals surface area (Å²) in [6.07, 6.45) is 4.49. The van der Waals surface area contributed by atoms with Gasteiger partial charge in [-0.15, -0.1) is 0 Å². The van der Waals surface area contributed by atoms with Crippen molar-refractivity contribution in [3.05, 3.63) is 12.4 Å². The SMILES string of the molecule is CCC1CN(c2ncc(N)cn2)CCN1C. The molecule has 0 spiro atoms. The molecule has 0 amide bonds. The standard InChI is InChI=1S/C11H19N5/c1-3-10-8-16(5-4-15(10)2)11-13-6-9(12)7-14-11/h6-7,10H,3-5,8,12H2,1-2H3. The van der Waals surface area contributed by atoms with Crippen molar-refractivity contribution < 1.29 is 0 Å². The van der Waals surface area contributed by atoms with Crippen LogP contribution in [0.1, 0.15) is 13.3 Å². The fourth-order valence-corrected chi connectivity index (χ4v) is 2.06. The Balaban J connectivity index is 2.08. The zero-order valence-corrected chi connectivity index (χ0v) is 9.93. The normalized spacial score (nSPS) is 22.4. The van der Waals surface area contributed by atoms with Crippen molar-refractivity contribution in [1.29, 1.82) is 0 Å². The number of hydrogen-bond donors (Lipinski definition) is 1. The number of hydrogen-bond acceptors (Lipinski definition) is 5. The van der Waals surface area contributed by atoms with Gasteiger partial charge in [0.1, 0.15) is 0 Å². The monoisotopic (exact) mass is 221 g/mol. The molecule has 2 N–H and O–H groups in total. The quantitative estimate of drug-likeness (QED) is 0.792. The summed E-state index contributed by atoms with van der Waals surface area (Å²) in [6.45, 7) is 5.26. The van der Waals surface area contributed by atoms with Gasteiger partial charge >= 0.3 is 0 Å². The zero-order valence-electron chi connectivity index (χ0n) is 9.93. The second-order valence-electron chi connectivity index (χ2n) is 4.31. The van der Waals surface area contributed by atoms with E-state index in [1.54, 1.807) is 12.4 Å². The molecule has 5 heteroatoms. The Morgan fingerprint density at radius 3 is 2.69 bits per heavy atom. The molecule has 5 nitrogen and oxygen atoms in total. The number of nitrogens with two attached hydrogens (primary N) is 1. The summed E-state index contributed by atoms with van der Waals surface area (Å²) >= 11 is 0. The molecular formula is C11H19N5. The van der Waals surface area contributed by atoms with Crippen molar-refractivity contribution in [1.82, 2.24) is 14.9 Å². The molecule has 1 aliphatic rings. The first-order valence-electron chi connectivity index (χ1n) is 5.73. The predicted octanol–water partition coefficient (Wildman–Crippen LogP) is 0.589. The summed E-state index contributed by atoms with van der Waals surface area (Å²) < 4.78 is 0. The Hall–Kier alpha value is -1.36. The molecule has 2 rings (SSSR count). The first kappa shape index (κ1) is 11.1. The molecule has 0 saturated carbocycles. The third kappa shape index (κ3) is 2.24. The van der Waals surface area contributed by atoms with Crippen molar-refractivity contribution in [3.8, 4) is 0 Å². The van der Waals surface area contributed by atoms with Crippen LogP contribution < -0.4 is 10.6 Å². The molecule has 16 heavy (non-hydrogen) atoms. The molecule has 1 unspecified atom stereocenters. The molecule has 88 valence electrons. The lowest BCUT2D eigenvalue weighted by Crippen LogP contribution is -2.51. The van der Waals surface area contributed by atoms with Crippen LogP contribution in [0.5, 0.6) is 0 Å². The maximum Gasteiger partial charge on any atom is 0.225 e. The van der Waals surface area contributed by atoms with Crippen LogP contribution in [0.4, 0.5) is 11.6 Å². The van der Waals surface area contributed by atoms with E-state index < -0.39 is 0 Å². The van der Waals surface area contributed by atoms with Crippen LogP contribution >= 0.6 is 0 Å². The van der Waals surface area contributed by atoms with E-state index in [1.807, 2.05) is 0 Å². The number of likely N-dealkylation sites (N-methyl/N-ethyl adjacent to an activating group) is 1. The third-order valence-electron chi connectivity index (χ3n) is 3.19. The number of anilines is 2. The van der Waals surface area contributed by atoms with E-state index in [0.717, 1.165) is 32.0 Å². The molecule has 1 fully saturated rings. The zero-order chi connectivity index (χ0) is 11.5. The Morgan fingerprint density at radius 1 is 1.38 bits per heavy atom. The van der Waals surface area contributed by atoms with Crippen LogP contribution in [0.2, 0.25) is 0 Å². The lowest BCUT2D eigenvalue weighted by Gasteiger charge is -2.39. The lowest BCUT2D eigenvalue weighted by atomic mass is 10.1. The van der Waals surface area contributed by atoms with Gasteiger partial charge in [-0.05, 0) is 13.5 Å². The first-order chi connectivity index (χ1) is 7.70. The van der Waals surface area contributed by atoms with Gasteiger partial charge in [-0.1, -0.05) is 6.92 Å². The van der Waals surface area contributed by atoms with Gasteiger partial charge in [0, 0.05) is 25.7 Å². The molecule has 1 aliphatic heterocycles. The highest BCUT2D eigenvalue weighted by atomic mass is 15.3. The van der Waals surface area contributed by atoms with E-state index in [4.69, 9.17) is 5.73 Å². The largest absolute Gasteiger partial charge is 0.396 e. The molecule has 0 bridgehead atoms. The van der Waals surface area contributed by atoms with Crippen molar-refractivity contribution in [3.63, 3.8) is 0 Å². The molecule has 2 heterocycles. The van der Waals surface area contributed by atoms with Crippen LogP contribution in [0, 0.1) is 0 Å². The van der Waals surface area contributed by atoms with E-state index in [0.29, 0.717) is 11.7 Å². The Labute approximate surface area is 96.3 Å². The van der Waals surface area contributed by atoms with Crippen molar-refractivity contribution >= 4 is 11.6 Å². The van der Waals surface area contributed by atoms with E-state index in [9.17, 15) is 0 Å². The van der Waals surface area contributed by atoms with Crippen molar-refractivity contribution in [2.45, 2.75) is 19.4 Å². The minimum atomic E-state index is 0.593. The second-order valence-corrected chi connectivity index (χ2v) is 4.31. The topological polar surface area (TPSA) is 58.3 Å². The van der Waals surface area contributed by atoms with Gasteiger partial charge in [-0.3, -0.25) is 4.90 Å². The van der Waals surface area contributed by atoms with Crippen LogP contribution in [-0.4, -0.2) is 47.6 Å². The van der Waals surface area contributed by atoms with Gasteiger partial charge in [-0.25, -0.2) is 9.97 Å². The Kier molecular flexibility index (Phi) is 3.24. The number of nitrogens with zero attached hydrogens (tertiary/aromatic N) is 4. The fourth-order valence-electron chi connectivity index (χ4n) is 2.06. The van der Waals surface area contributed by atoms with Crippen LogP contribution in [-0.2, 0) is 0 Å². The highest BCUT2D eigenvalue weighted by molar-refractivity contribution is 5.38. The van der Waals surface area contributed by atoms with Crippen LogP contribution in [0.15, 0.2) is 12.4 Å². The van der Waals surface area contributed by atoms with E-state index in [-0.39, 0.29) is 0 Å². The fraction of sp³-hybridized carbons (Fsp3) is 0.636. The number of rotatable bonds is 2. The van der Waals surface area contributed by atoms with Crippen LogP contribution in [0.25, 0.3) is 0 Å². The predicted molar refractivity (Wildman–Crippen MR) is 65.4 cm³/mol. The van der Waals surface area contributed by atoms with Crippen molar-refractivity contribution in [2.24, 2.45) is 0 Å². The minimum Gasteiger partial charge on any atom is -0.396 e. The van der Waals surface area contributed by atoms with Gasteiger partial charge in [0.05, 0.1) is 18.1 Å². The number of aromatic nitrogens is 2. The highest BCUT2D eigenvalue weighted by Crippen LogP contribution is 2.15. The van der Waals surface area contributed by atoms with E-state index in [1.165, 1.54) is 0 Å². The molecule has 1 atom stereocenters. The number of piperazine rings is 1. The van der Waals surface area contributed by atoms with Crippen LogP contribution in [0.3, 0.4) is 0 Å². The molecule has 1 aromatic rings. The van der Waals surface area contributed by atoms with Gasteiger partial charge in [0.2, 0.25) is 5.95 Å². The average molecular weight is 221 g/mol. The summed E-state index contributed by atoms with van der Waals surface area (Å²) in [4.78, 5) is 13.2. The summed E-state index contributed by atoms with van der Waals surface area (Å²) in [5.74, 6) is 0.792. The highest BCUT2D eigenvalue weighted by Gasteiger charge is 2.24. The smallest absolute Gasteiger partial charge is 0.225 e. The second kappa shape index (κ2) is 4.65. The molecule has 0 radical (unpaired) electrons. The summed E-state index contributed by atoms with van der Waals surface area (Å²) in [6, 6.07) is 0.593. The van der Waals surface area contributed by atoms with Crippen molar-refractivity contribution in [2.75, 3.05) is 37.3 Å². The average Bonchev–Trinajstić information content (AvgIpc) is 2.31. The summed E-state index contributed by atoms with van der Waals surface area (Å²) in [5.41, 5.74) is 6.20. The molecule has 1 aromatic heterocycles. The maximum absolute atomic E-state index is 5.58. The maximum atomic E-state index is 5.58. The first-order valence-corrected chi connectivity index (χ1v) is 5.73. The molecule has 1 saturated heterocycles. The molecule has 0 aromatic carbocycles. The van der Waals surface area contributed by atoms with Gasteiger partial charge < -0.3 is 10.6 Å². The summed E-state index contributed by atoms with van der Waals surface area (Å²) in [7, 11) is 2.18. The van der Waals surface area contributed by atoms with Gasteiger partial charge in [-0.2, -0.15) is 0 Å². The van der Waals surface area contributed by atoms with Gasteiger partial charge in [0.25, 0.3) is 0 Å². The summed E-state index contributed by atoms with van der Waals surface area (Å²) in [5, 5.41) is 0. The lowest BCUT2D eigenvalue weighted by molar-refractivity contribution is 0.212. The third-order valence-corrected chi connectivity index (χ3v) is 3.19.